The zero-order valence-corrected chi connectivity index (χ0v) is 12.6. The van der Waals surface area contributed by atoms with Gasteiger partial charge in [0, 0.05) is 29.7 Å². The van der Waals surface area contributed by atoms with Gasteiger partial charge in [-0.2, -0.15) is 0 Å². The maximum absolute atomic E-state index is 12.6. The highest BCUT2D eigenvalue weighted by Gasteiger charge is 2.60. The first-order valence-electron chi connectivity index (χ1n) is 7.32. The molecule has 110 valence electrons. The lowest BCUT2D eigenvalue weighted by molar-refractivity contribution is -0.137. The van der Waals surface area contributed by atoms with E-state index in [0.717, 1.165) is 5.56 Å². The van der Waals surface area contributed by atoms with E-state index in [9.17, 15) is 14.7 Å². The lowest BCUT2D eigenvalue weighted by Crippen LogP contribution is -2.46. The Hall–Kier alpha value is -1.90. The first-order chi connectivity index (χ1) is 9.77. The summed E-state index contributed by atoms with van der Waals surface area (Å²) in [6, 6.07) is 9.43. The van der Waals surface area contributed by atoms with Gasteiger partial charge in [0.15, 0.2) is 5.76 Å². The molecule has 3 rings (SSSR count). The number of rotatable bonds is 1. The van der Waals surface area contributed by atoms with Gasteiger partial charge in [0.25, 0.3) is 0 Å². The van der Waals surface area contributed by atoms with Crippen molar-refractivity contribution in [3.05, 3.63) is 41.7 Å². The molecule has 0 bridgehead atoms. The smallest absolute Gasteiger partial charge is 0.201 e. The maximum atomic E-state index is 12.6. The van der Waals surface area contributed by atoms with Crippen LogP contribution < -0.4 is 0 Å². The molecule has 3 heteroatoms. The minimum Gasteiger partial charge on any atom is -0.504 e. The summed E-state index contributed by atoms with van der Waals surface area (Å²) < 4.78 is 0. The highest BCUT2D eigenvalue weighted by molar-refractivity contribution is 6.11. The van der Waals surface area contributed by atoms with E-state index in [1.54, 1.807) is 0 Å². The second-order valence-electron chi connectivity index (χ2n) is 7.19. The average Bonchev–Trinajstić information content (AvgIpc) is 2.56. The van der Waals surface area contributed by atoms with Crippen LogP contribution in [0.2, 0.25) is 0 Å². The molecule has 0 amide bonds. The molecule has 21 heavy (non-hydrogen) atoms. The van der Waals surface area contributed by atoms with Crippen LogP contribution in [0.5, 0.6) is 0 Å². The van der Waals surface area contributed by atoms with Crippen LogP contribution in [-0.4, -0.2) is 16.7 Å². The highest BCUT2D eigenvalue weighted by Crippen LogP contribution is 2.61. The zero-order valence-electron chi connectivity index (χ0n) is 12.6. The van der Waals surface area contributed by atoms with Gasteiger partial charge in [-0.05, 0) is 11.0 Å². The van der Waals surface area contributed by atoms with Gasteiger partial charge < -0.3 is 5.11 Å². The summed E-state index contributed by atoms with van der Waals surface area (Å²) in [5, 5.41) is 10.4. The van der Waals surface area contributed by atoms with Crippen molar-refractivity contribution in [2.45, 2.75) is 33.6 Å². The standard InChI is InChI=1S/C18H20O3/c1-17(2)9-12(19)10-18(3)13(11-7-5-4-6-8-11)14(20)15(21)16(17)18/h4-8,16,20H,9-10H2,1-3H3/t16-,18-/m1/s1. The lowest BCUT2D eigenvalue weighted by Gasteiger charge is -2.46. The summed E-state index contributed by atoms with van der Waals surface area (Å²) in [6.07, 6.45) is 0.718. The maximum Gasteiger partial charge on any atom is 0.201 e. The molecule has 0 saturated heterocycles. The Labute approximate surface area is 124 Å². The molecule has 0 aromatic heterocycles. The number of carbonyl (C=O) groups excluding carboxylic acids is 2. The van der Waals surface area contributed by atoms with Crippen molar-refractivity contribution in [1.82, 2.24) is 0 Å². The number of hydrogen-bond donors (Lipinski definition) is 1. The van der Waals surface area contributed by atoms with Crippen molar-refractivity contribution in [3.8, 4) is 0 Å². The monoisotopic (exact) mass is 284 g/mol. The molecule has 2 atom stereocenters. The molecule has 0 unspecified atom stereocenters. The van der Waals surface area contributed by atoms with Gasteiger partial charge in [0.05, 0.1) is 0 Å². The summed E-state index contributed by atoms with van der Waals surface area (Å²) in [4.78, 5) is 24.8. The van der Waals surface area contributed by atoms with E-state index >= 15 is 0 Å². The van der Waals surface area contributed by atoms with Crippen LogP contribution in [0.1, 0.15) is 39.2 Å². The Kier molecular flexibility index (Phi) is 2.88. The number of benzene rings is 1. The number of aliphatic hydroxyl groups excluding tert-OH is 1. The van der Waals surface area contributed by atoms with E-state index in [-0.39, 0.29) is 23.2 Å². The summed E-state index contributed by atoms with van der Waals surface area (Å²) in [5.41, 5.74) is 0.436. The van der Waals surface area contributed by atoms with E-state index in [1.165, 1.54) is 0 Å². The van der Waals surface area contributed by atoms with Crippen molar-refractivity contribution >= 4 is 17.1 Å². The van der Waals surface area contributed by atoms with Crippen LogP contribution in [0.25, 0.3) is 5.57 Å². The summed E-state index contributed by atoms with van der Waals surface area (Å²) in [7, 11) is 0. The molecular formula is C18H20O3. The third-order valence-electron chi connectivity index (χ3n) is 5.00. The van der Waals surface area contributed by atoms with Gasteiger partial charge >= 0.3 is 0 Å². The normalized spacial score (nSPS) is 31.5. The van der Waals surface area contributed by atoms with Gasteiger partial charge in [0.2, 0.25) is 5.78 Å². The molecule has 1 fully saturated rings. The van der Waals surface area contributed by atoms with E-state index < -0.39 is 10.8 Å². The molecule has 0 heterocycles. The van der Waals surface area contributed by atoms with Crippen LogP contribution >= 0.6 is 0 Å². The van der Waals surface area contributed by atoms with Gasteiger partial charge in [-0.25, -0.2) is 0 Å². The Morgan fingerprint density at radius 3 is 2.29 bits per heavy atom. The molecule has 1 N–H and O–H groups in total. The molecule has 0 aliphatic heterocycles. The molecule has 2 aliphatic rings. The number of aliphatic hydroxyl groups is 1. The summed E-state index contributed by atoms with van der Waals surface area (Å²) in [6.45, 7) is 5.85. The first-order valence-corrected chi connectivity index (χ1v) is 7.32. The fourth-order valence-corrected chi connectivity index (χ4v) is 4.53. The zero-order chi connectivity index (χ0) is 15.4. The van der Waals surface area contributed by atoms with E-state index in [1.807, 2.05) is 51.1 Å². The molecule has 0 radical (unpaired) electrons. The molecule has 0 spiro atoms. The lowest BCUT2D eigenvalue weighted by atomic mass is 9.55. The van der Waals surface area contributed by atoms with Crippen LogP contribution in [0.3, 0.4) is 0 Å². The van der Waals surface area contributed by atoms with Crippen molar-refractivity contribution < 1.29 is 14.7 Å². The number of hydrogen-bond acceptors (Lipinski definition) is 3. The predicted octanol–water partition coefficient (Wildman–Crippen LogP) is 3.55. The SMILES string of the molecule is CC1(C)CC(=O)C[C@]2(C)C(c3ccccc3)=C(O)C(=O)[C@H]12. The first kappa shape index (κ1) is 14.1. The minimum atomic E-state index is -0.610. The van der Waals surface area contributed by atoms with Crippen molar-refractivity contribution in [2.24, 2.45) is 16.7 Å². The Morgan fingerprint density at radius 2 is 1.67 bits per heavy atom. The molecule has 1 aromatic rings. The number of carbonyl (C=O) groups is 2. The van der Waals surface area contributed by atoms with Crippen molar-refractivity contribution in [1.29, 1.82) is 0 Å². The Balaban J connectivity index is 2.21. The minimum absolute atomic E-state index is 0.156. The second kappa shape index (κ2) is 4.30. The third kappa shape index (κ3) is 1.87. The van der Waals surface area contributed by atoms with E-state index in [4.69, 9.17) is 0 Å². The Bertz CT molecular complexity index is 654. The van der Waals surface area contributed by atoms with Gasteiger partial charge in [0.1, 0.15) is 5.78 Å². The summed E-state index contributed by atoms with van der Waals surface area (Å²) >= 11 is 0. The van der Waals surface area contributed by atoms with Crippen LogP contribution in [0.4, 0.5) is 0 Å². The number of fused-ring (bicyclic) bond motifs is 1. The van der Waals surface area contributed by atoms with E-state index in [2.05, 4.69) is 0 Å². The fourth-order valence-electron chi connectivity index (χ4n) is 4.53. The van der Waals surface area contributed by atoms with Gasteiger partial charge in [-0.15, -0.1) is 0 Å². The van der Waals surface area contributed by atoms with Gasteiger partial charge in [-0.1, -0.05) is 51.1 Å². The molecular weight excluding hydrogens is 264 g/mol. The van der Waals surface area contributed by atoms with Gasteiger partial charge in [-0.3, -0.25) is 9.59 Å². The second-order valence-corrected chi connectivity index (χ2v) is 7.19. The van der Waals surface area contributed by atoms with Crippen molar-refractivity contribution in [2.75, 3.05) is 0 Å². The molecule has 2 aliphatic carbocycles. The van der Waals surface area contributed by atoms with Crippen LogP contribution in [0, 0.1) is 16.7 Å². The summed E-state index contributed by atoms with van der Waals surface area (Å²) in [5.74, 6) is -0.544. The fraction of sp³-hybridized carbons (Fsp3) is 0.444. The molecule has 1 aromatic carbocycles. The Morgan fingerprint density at radius 1 is 1.05 bits per heavy atom. The number of allylic oxidation sites excluding steroid dienone is 2. The predicted molar refractivity (Wildman–Crippen MR) is 80.6 cm³/mol. The van der Waals surface area contributed by atoms with Crippen LogP contribution in [0.15, 0.2) is 36.1 Å². The average molecular weight is 284 g/mol. The number of ketones is 2. The highest BCUT2D eigenvalue weighted by atomic mass is 16.3. The topological polar surface area (TPSA) is 54.4 Å². The van der Waals surface area contributed by atoms with Crippen LogP contribution in [-0.2, 0) is 9.59 Å². The molecule has 1 saturated carbocycles. The third-order valence-corrected chi connectivity index (χ3v) is 5.00. The largest absolute Gasteiger partial charge is 0.504 e. The van der Waals surface area contributed by atoms with E-state index in [0.29, 0.717) is 18.4 Å². The number of Topliss-reactive ketones (excluding diaryl/α,β-unsaturated/α-hetero) is 2. The quantitative estimate of drug-likeness (QED) is 0.858. The molecule has 3 nitrogen and oxygen atoms in total. The van der Waals surface area contributed by atoms with Crippen molar-refractivity contribution in [3.63, 3.8) is 0 Å².